The number of aryl methyl sites for hydroxylation is 2. The van der Waals surface area contributed by atoms with Crippen molar-refractivity contribution >= 4 is 23.4 Å². The Morgan fingerprint density at radius 2 is 1.74 bits per heavy atom. The number of benzene rings is 2. The van der Waals surface area contributed by atoms with Gasteiger partial charge in [0.2, 0.25) is 0 Å². The zero-order valence-electron chi connectivity index (χ0n) is 23.2. The second-order valence-electron chi connectivity index (χ2n) is 9.75. The van der Waals surface area contributed by atoms with Crippen molar-refractivity contribution < 1.29 is 4.79 Å². The van der Waals surface area contributed by atoms with Crippen LogP contribution in [0.2, 0.25) is 0 Å². The largest absolute Gasteiger partial charge is 0.360 e. The quantitative estimate of drug-likeness (QED) is 0.202. The molecule has 3 aromatic rings. The Hall–Kier alpha value is -4.04. The van der Waals surface area contributed by atoms with E-state index >= 15 is 0 Å². The molecule has 0 saturated carbocycles. The molecular formula is C33H40N4O. The number of nitriles is 1. The predicted octanol–water partition coefficient (Wildman–Crippen LogP) is 8.72. The molecular weight excluding hydrogens is 468 g/mol. The number of hydrogen-bond acceptors (Lipinski definition) is 3. The van der Waals surface area contributed by atoms with Gasteiger partial charge in [-0.05, 0) is 86.2 Å². The molecule has 3 rings (SSSR count). The molecule has 3 N–H and O–H groups in total. The average Bonchev–Trinajstić information content (AvgIpc) is 3.23. The number of nitrogens with zero attached hydrogens (tertiary/aromatic N) is 1. The monoisotopic (exact) mass is 508 g/mol. The van der Waals surface area contributed by atoms with Gasteiger partial charge in [0.15, 0.2) is 0 Å². The number of H-pyrrole nitrogens is 1. The molecule has 5 heteroatoms. The lowest BCUT2D eigenvalue weighted by Crippen LogP contribution is -2.13. The lowest BCUT2D eigenvalue weighted by atomic mass is 9.89. The van der Waals surface area contributed by atoms with Crippen LogP contribution in [-0.4, -0.2) is 10.9 Å². The molecule has 0 radical (unpaired) electrons. The van der Waals surface area contributed by atoms with E-state index in [0.717, 1.165) is 41.2 Å². The third kappa shape index (κ3) is 7.49. The zero-order chi connectivity index (χ0) is 27.5. The SMILES string of the molecule is C=C(/C=C\c1c(C)[nH]c(CC)c1NC(=O)c1ccc(C(CCC)CCCC)cc1)Nc1ccc(C#N)cc1. The van der Waals surface area contributed by atoms with Crippen LogP contribution < -0.4 is 10.6 Å². The van der Waals surface area contributed by atoms with Crippen LogP contribution in [0, 0.1) is 18.3 Å². The van der Waals surface area contributed by atoms with Gasteiger partial charge in [-0.2, -0.15) is 5.26 Å². The predicted molar refractivity (Wildman–Crippen MR) is 159 cm³/mol. The van der Waals surface area contributed by atoms with Gasteiger partial charge in [0.25, 0.3) is 5.91 Å². The van der Waals surface area contributed by atoms with Crippen molar-refractivity contribution in [3.05, 3.63) is 101 Å². The third-order valence-corrected chi connectivity index (χ3v) is 6.86. The Bertz CT molecular complexity index is 1290. The van der Waals surface area contributed by atoms with Crippen LogP contribution in [0.1, 0.15) is 97.2 Å². The zero-order valence-corrected chi connectivity index (χ0v) is 23.2. The van der Waals surface area contributed by atoms with Gasteiger partial charge in [-0.1, -0.05) is 58.7 Å². The lowest BCUT2D eigenvalue weighted by molar-refractivity contribution is 0.102. The smallest absolute Gasteiger partial charge is 0.255 e. The minimum Gasteiger partial charge on any atom is -0.360 e. The summed E-state index contributed by atoms with van der Waals surface area (Å²) < 4.78 is 0. The molecule has 0 aliphatic heterocycles. The van der Waals surface area contributed by atoms with Crippen LogP contribution in [0.5, 0.6) is 0 Å². The summed E-state index contributed by atoms with van der Waals surface area (Å²) in [6.45, 7) is 12.6. The fraction of sp³-hybridized carbons (Fsp3) is 0.333. The Balaban J connectivity index is 1.75. The Labute approximate surface area is 227 Å². The van der Waals surface area contributed by atoms with Crippen LogP contribution in [-0.2, 0) is 6.42 Å². The first-order chi connectivity index (χ1) is 18.4. The van der Waals surface area contributed by atoms with E-state index < -0.39 is 0 Å². The van der Waals surface area contributed by atoms with E-state index in [1.54, 1.807) is 12.1 Å². The summed E-state index contributed by atoms with van der Waals surface area (Å²) in [5.74, 6) is 0.439. The Morgan fingerprint density at radius 3 is 2.34 bits per heavy atom. The molecule has 1 aromatic heterocycles. The molecule has 0 bridgehead atoms. The lowest BCUT2D eigenvalue weighted by Gasteiger charge is -2.17. The van der Waals surface area contributed by atoms with Gasteiger partial charge in [0, 0.05) is 33.9 Å². The van der Waals surface area contributed by atoms with Crippen LogP contribution in [0.25, 0.3) is 6.08 Å². The molecule has 0 aliphatic carbocycles. The summed E-state index contributed by atoms with van der Waals surface area (Å²) in [5, 5.41) is 15.4. The Kier molecular flexibility index (Phi) is 10.5. The number of carbonyl (C=O) groups excluding carboxylic acids is 1. The normalized spacial score (nSPS) is 11.8. The maximum atomic E-state index is 13.3. The summed E-state index contributed by atoms with van der Waals surface area (Å²) >= 11 is 0. The van der Waals surface area contributed by atoms with Crippen molar-refractivity contribution in [2.75, 3.05) is 10.6 Å². The van der Waals surface area contributed by atoms with Crippen LogP contribution in [0.3, 0.4) is 0 Å². The first-order valence-electron chi connectivity index (χ1n) is 13.7. The van der Waals surface area contributed by atoms with E-state index in [4.69, 9.17) is 5.26 Å². The van der Waals surface area contributed by atoms with Gasteiger partial charge in [-0.15, -0.1) is 0 Å². The third-order valence-electron chi connectivity index (χ3n) is 6.86. The summed E-state index contributed by atoms with van der Waals surface area (Å²) in [7, 11) is 0. The van der Waals surface area contributed by atoms with Gasteiger partial charge in [-0.3, -0.25) is 4.79 Å². The molecule has 0 fully saturated rings. The van der Waals surface area contributed by atoms with Crippen LogP contribution in [0.15, 0.2) is 66.9 Å². The number of unbranched alkanes of at least 4 members (excludes halogenated alkanes) is 1. The topological polar surface area (TPSA) is 80.7 Å². The molecule has 1 atom stereocenters. The molecule has 5 nitrogen and oxygen atoms in total. The molecule has 198 valence electrons. The van der Waals surface area contributed by atoms with Crippen molar-refractivity contribution in [3.63, 3.8) is 0 Å². The summed E-state index contributed by atoms with van der Waals surface area (Å²) in [5.41, 5.74) is 7.83. The molecule has 1 unspecified atom stereocenters. The van der Waals surface area contributed by atoms with Gasteiger partial charge in [-0.25, -0.2) is 0 Å². The van der Waals surface area contributed by atoms with E-state index in [0.29, 0.717) is 22.7 Å². The number of aromatic nitrogens is 1. The fourth-order valence-electron chi connectivity index (χ4n) is 4.73. The minimum atomic E-state index is -0.116. The van der Waals surface area contributed by atoms with E-state index in [1.165, 1.54) is 31.2 Å². The van der Waals surface area contributed by atoms with Gasteiger partial charge >= 0.3 is 0 Å². The van der Waals surface area contributed by atoms with Gasteiger partial charge in [0.1, 0.15) is 0 Å². The number of nitrogens with one attached hydrogen (secondary N) is 3. The average molecular weight is 509 g/mol. The van der Waals surface area contributed by atoms with Crippen molar-refractivity contribution in [2.45, 2.75) is 72.1 Å². The number of anilines is 2. The van der Waals surface area contributed by atoms with Crippen molar-refractivity contribution in [1.29, 1.82) is 5.26 Å². The molecule has 1 heterocycles. The maximum Gasteiger partial charge on any atom is 0.255 e. The van der Waals surface area contributed by atoms with Crippen LogP contribution >= 0.6 is 0 Å². The van der Waals surface area contributed by atoms with Crippen LogP contribution in [0.4, 0.5) is 11.4 Å². The highest BCUT2D eigenvalue weighted by atomic mass is 16.1. The second kappa shape index (κ2) is 14.0. The number of aromatic amines is 1. The highest BCUT2D eigenvalue weighted by Crippen LogP contribution is 2.29. The number of hydrogen-bond donors (Lipinski definition) is 3. The second-order valence-corrected chi connectivity index (χ2v) is 9.75. The van der Waals surface area contributed by atoms with E-state index in [-0.39, 0.29) is 5.91 Å². The number of allylic oxidation sites excluding steroid dienone is 1. The molecule has 1 amide bonds. The highest BCUT2D eigenvalue weighted by Gasteiger charge is 2.17. The van der Waals surface area contributed by atoms with Crippen molar-refractivity contribution in [3.8, 4) is 6.07 Å². The first kappa shape index (κ1) is 28.5. The van der Waals surface area contributed by atoms with Crippen molar-refractivity contribution in [2.24, 2.45) is 0 Å². The molecule has 2 aromatic carbocycles. The van der Waals surface area contributed by atoms with E-state index in [1.807, 2.05) is 43.3 Å². The summed E-state index contributed by atoms with van der Waals surface area (Å²) in [4.78, 5) is 16.7. The highest BCUT2D eigenvalue weighted by molar-refractivity contribution is 6.06. The molecule has 38 heavy (non-hydrogen) atoms. The Morgan fingerprint density at radius 1 is 1.03 bits per heavy atom. The van der Waals surface area contributed by atoms with E-state index in [9.17, 15) is 4.79 Å². The number of amides is 1. The maximum absolute atomic E-state index is 13.3. The van der Waals surface area contributed by atoms with Gasteiger partial charge in [0.05, 0.1) is 17.3 Å². The molecule has 0 aliphatic rings. The minimum absolute atomic E-state index is 0.116. The summed E-state index contributed by atoms with van der Waals surface area (Å²) in [6.07, 6.45) is 10.6. The molecule has 0 saturated heterocycles. The summed E-state index contributed by atoms with van der Waals surface area (Å²) in [6, 6.07) is 17.5. The van der Waals surface area contributed by atoms with E-state index in [2.05, 4.69) is 61.2 Å². The standard InChI is InChI=1S/C33H40N4O/c1-6-9-11-26(10-7-2)27-15-17-28(18-16-27)33(38)37-32-30(24(5)36-31(32)8-3)21-12-23(4)35-29-19-13-25(22-34)14-20-29/h12-21,26,35-36H,4,6-11H2,1-3,5H3,(H,37,38)/b21-12-. The fourth-order valence-corrected chi connectivity index (χ4v) is 4.73. The molecule has 0 spiro atoms. The van der Waals surface area contributed by atoms with Gasteiger partial charge < -0.3 is 15.6 Å². The first-order valence-corrected chi connectivity index (χ1v) is 13.7. The number of carbonyl (C=O) groups is 1. The van der Waals surface area contributed by atoms with Crippen molar-refractivity contribution in [1.82, 2.24) is 4.98 Å². The number of rotatable bonds is 13.